The Labute approximate surface area is 103 Å². The van der Waals surface area contributed by atoms with Crippen LogP contribution < -0.4 is 11.5 Å². The number of hydrogen-bond acceptors (Lipinski definition) is 6. The molecule has 0 fully saturated rings. The molecule has 0 saturated heterocycles. The summed E-state index contributed by atoms with van der Waals surface area (Å²) < 4.78 is 7.40. The number of fused-ring (bicyclic) bond motifs is 1. The zero-order chi connectivity index (χ0) is 12.7. The number of ether oxygens (including phenoxy) is 1. The molecule has 0 amide bonds. The first kappa shape index (κ1) is 11.0. The van der Waals surface area contributed by atoms with Crippen LogP contribution in [0.4, 0.5) is 11.6 Å². The quantitative estimate of drug-likeness (QED) is 0.646. The number of aromatic nitrogens is 3. The lowest BCUT2D eigenvalue weighted by atomic mass is 10.3. The van der Waals surface area contributed by atoms with Crippen molar-refractivity contribution in [3.63, 3.8) is 0 Å². The summed E-state index contributed by atoms with van der Waals surface area (Å²) in [4.78, 5) is 8.15. The first-order valence-corrected chi connectivity index (χ1v) is 5.52. The topological polar surface area (TPSA) is 112 Å². The number of imidazole rings is 1. The van der Waals surface area contributed by atoms with E-state index in [9.17, 15) is 0 Å². The SMILES string of the molecule is Nc1cc2c(ncn2[C@H]2C=CC(CO)O2)c(N)n1. The van der Waals surface area contributed by atoms with Crippen molar-refractivity contribution in [2.24, 2.45) is 0 Å². The number of aliphatic hydroxyl groups excluding tert-OH is 1. The minimum absolute atomic E-state index is 0.0501. The molecule has 2 atom stereocenters. The van der Waals surface area contributed by atoms with Crippen molar-refractivity contribution in [3.8, 4) is 0 Å². The maximum atomic E-state index is 9.03. The molecule has 0 aliphatic carbocycles. The molecular weight excluding hydrogens is 234 g/mol. The van der Waals surface area contributed by atoms with E-state index in [1.54, 1.807) is 17.0 Å². The van der Waals surface area contributed by atoms with E-state index in [0.717, 1.165) is 5.52 Å². The van der Waals surface area contributed by atoms with Crippen molar-refractivity contribution in [2.75, 3.05) is 18.1 Å². The second-order valence-corrected chi connectivity index (χ2v) is 4.08. The summed E-state index contributed by atoms with van der Waals surface area (Å²) in [6.07, 6.45) is 4.69. The van der Waals surface area contributed by atoms with E-state index in [-0.39, 0.29) is 18.9 Å². The Kier molecular flexibility index (Phi) is 2.42. The average Bonchev–Trinajstić information content (AvgIpc) is 2.93. The Morgan fingerprint density at radius 1 is 1.39 bits per heavy atom. The minimum Gasteiger partial charge on any atom is -0.393 e. The monoisotopic (exact) mass is 247 g/mol. The molecular formula is C11H13N5O2. The second-order valence-electron chi connectivity index (χ2n) is 4.08. The standard InChI is InChI=1S/C11H13N5O2/c12-8-3-7-10(11(13)15-8)14-5-16(7)9-2-1-6(4-17)18-9/h1-3,5-6,9,17H,4H2,(H4,12,13,15)/t6?,9-/m1/s1. The van der Waals surface area contributed by atoms with E-state index in [1.165, 1.54) is 0 Å². The molecule has 7 nitrogen and oxygen atoms in total. The van der Waals surface area contributed by atoms with Crippen LogP contribution in [0.25, 0.3) is 11.0 Å². The van der Waals surface area contributed by atoms with Gasteiger partial charge in [-0.15, -0.1) is 0 Å². The van der Waals surface area contributed by atoms with E-state index in [0.29, 0.717) is 17.2 Å². The number of anilines is 2. The van der Waals surface area contributed by atoms with E-state index >= 15 is 0 Å². The molecule has 3 rings (SSSR count). The predicted octanol–water partition coefficient (Wildman–Crippen LogP) is 0.0416. The molecule has 1 unspecified atom stereocenters. The van der Waals surface area contributed by atoms with Gasteiger partial charge in [-0.1, -0.05) is 6.08 Å². The van der Waals surface area contributed by atoms with E-state index in [2.05, 4.69) is 9.97 Å². The molecule has 2 aromatic rings. The Bertz CT molecular complexity index is 621. The molecule has 1 aliphatic rings. The lowest BCUT2D eigenvalue weighted by Gasteiger charge is -2.14. The van der Waals surface area contributed by atoms with Crippen LogP contribution in [0.15, 0.2) is 24.5 Å². The third-order valence-corrected chi connectivity index (χ3v) is 2.87. The zero-order valence-electron chi connectivity index (χ0n) is 9.52. The van der Waals surface area contributed by atoms with Gasteiger partial charge in [-0.25, -0.2) is 9.97 Å². The zero-order valence-corrected chi connectivity index (χ0v) is 9.52. The van der Waals surface area contributed by atoms with Crippen LogP contribution in [0.1, 0.15) is 6.23 Å². The van der Waals surface area contributed by atoms with Gasteiger partial charge in [-0.2, -0.15) is 0 Å². The Hall–Kier alpha value is -2.12. The number of pyridine rings is 1. The van der Waals surface area contributed by atoms with Gasteiger partial charge in [-0.05, 0) is 6.08 Å². The Morgan fingerprint density at radius 3 is 2.94 bits per heavy atom. The smallest absolute Gasteiger partial charge is 0.155 e. The molecule has 3 heterocycles. The van der Waals surface area contributed by atoms with Crippen LogP contribution in [0.2, 0.25) is 0 Å². The van der Waals surface area contributed by atoms with E-state index < -0.39 is 0 Å². The molecule has 18 heavy (non-hydrogen) atoms. The molecule has 0 spiro atoms. The molecule has 0 aromatic carbocycles. The molecule has 0 radical (unpaired) electrons. The van der Waals surface area contributed by atoms with Gasteiger partial charge in [0.1, 0.15) is 17.4 Å². The van der Waals surface area contributed by atoms with Crippen molar-refractivity contribution >= 4 is 22.7 Å². The number of aliphatic hydroxyl groups is 1. The van der Waals surface area contributed by atoms with Gasteiger partial charge in [0, 0.05) is 6.07 Å². The predicted molar refractivity (Wildman–Crippen MR) is 66.5 cm³/mol. The maximum absolute atomic E-state index is 9.03. The van der Waals surface area contributed by atoms with E-state index in [1.807, 2.05) is 12.2 Å². The third-order valence-electron chi connectivity index (χ3n) is 2.87. The normalized spacial score (nSPS) is 22.9. The van der Waals surface area contributed by atoms with Crippen molar-refractivity contribution < 1.29 is 9.84 Å². The maximum Gasteiger partial charge on any atom is 0.155 e. The summed E-state index contributed by atoms with van der Waals surface area (Å²) in [6.45, 7) is -0.0501. The summed E-state index contributed by atoms with van der Waals surface area (Å²) in [6, 6.07) is 1.70. The molecule has 1 aliphatic heterocycles. The summed E-state index contributed by atoms with van der Waals surface area (Å²) in [5.41, 5.74) is 12.8. The molecule has 94 valence electrons. The van der Waals surface area contributed by atoms with Crippen LogP contribution in [-0.4, -0.2) is 32.4 Å². The highest BCUT2D eigenvalue weighted by molar-refractivity contribution is 5.87. The van der Waals surface area contributed by atoms with Crippen LogP contribution in [0.5, 0.6) is 0 Å². The largest absolute Gasteiger partial charge is 0.393 e. The van der Waals surface area contributed by atoms with Crippen molar-refractivity contribution in [1.29, 1.82) is 0 Å². The fourth-order valence-electron chi connectivity index (χ4n) is 2.03. The summed E-state index contributed by atoms with van der Waals surface area (Å²) in [5, 5.41) is 9.03. The Balaban J connectivity index is 2.06. The summed E-state index contributed by atoms with van der Waals surface area (Å²) in [7, 11) is 0. The van der Waals surface area contributed by atoms with Gasteiger partial charge < -0.3 is 21.3 Å². The molecule has 0 bridgehead atoms. The van der Waals surface area contributed by atoms with Gasteiger partial charge in [0.15, 0.2) is 12.0 Å². The number of hydrogen-bond donors (Lipinski definition) is 3. The molecule has 2 aromatic heterocycles. The van der Waals surface area contributed by atoms with Crippen LogP contribution in [0, 0.1) is 0 Å². The van der Waals surface area contributed by atoms with Crippen LogP contribution >= 0.6 is 0 Å². The van der Waals surface area contributed by atoms with Gasteiger partial charge in [0.25, 0.3) is 0 Å². The fourth-order valence-corrected chi connectivity index (χ4v) is 2.03. The first-order valence-electron chi connectivity index (χ1n) is 5.52. The number of nitrogens with two attached hydrogens (primary N) is 2. The summed E-state index contributed by atoms with van der Waals surface area (Å²) >= 11 is 0. The molecule has 5 N–H and O–H groups in total. The van der Waals surface area contributed by atoms with Gasteiger partial charge >= 0.3 is 0 Å². The third kappa shape index (κ3) is 1.60. The van der Waals surface area contributed by atoms with E-state index in [4.69, 9.17) is 21.3 Å². The highest BCUT2D eigenvalue weighted by Crippen LogP contribution is 2.27. The van der Waals surface area contributed by atoms with Crippen molar-refractivity contribution in [2.45, 2.75) is 12.3 Å². The van der Waals surface area contributed by atoms with Crippen LogP contribution in [-0.2, 0) is 4.74 Å². The minimum atomic E-state index is -0.312. The average molecular weight is 247 g/mol. The number of nitrogen functional groups attached to an aromatic ring is 2. The fraction of sp³-hybridized carbons (Fsp3) is 0.273. The summed E-state index contributed by atoms with van der Waals surface area (Å²) in [5.74, 6) is 0.631. The lowest BCUT2D eigenvalue weighted by Crippen LogP contribution is -2.15. The van der Waals surface area contributed by atoms with Gasteiger partial charge in [-0.3, -0.25) is 4.57 Å². The van der Waals surface area contributed by atoms with Crippen molar-refractivity contribution in [3.05, 3.63) is 24.5 Å². The van der Waals surface area contributed by atoms with Gasteiger partial charge in [0.2, 0.25) is 0 Å². The van der Waals surface area contributed by atoms with Crippen molar-refractivity contribution in [1.82, 2.24) is 14.5 Å². The number of nitrogens with zero attached hydrogens (tertiary/aromatic N) is 3. The first-order chi connectivity index (χ1) is 8.69. The number of rotatable bonds is 2. The lowest BCUT2D eigenvalue weighted by molar-refractivity contribution is -0.00615. The Morgan fingerprint density at radius 2 is 2.22 bits per heavy atom. The molecule has 7 heteroatoms. The van der Waals surface area contributed by atoms with Gasteiger partial charge in [0.05, 0.1) is 18.5 Å². The molecule has 0 saturated carbocycles. The van der Waals surface area contributed by atoms with Crippen LogP contribution in [0.3, 0.4) is 0 Å². The highest BCUT2D eigenvalue weighted by Gasteiger charge is 2.22. The second kappa shape index (κ2) is 3.97. The highest BCUT2D eigenvalue weighted by atomic mass is 16.5.